The SMILES string of the molecule is CC(C)(C)OC(=O)N1CCC(CC(=O)NCc2cccnc2)CC1.O=C(CC1CCNCC1)NCc1cccnc1. The summed E-state index contributed by atoms with van der Waals surface area (Å²) in [6.45, 7) is 10.1. The number of ether oxygens (including phenoxy) is 1. The summed E-state index contributed by atoms with van der Waals surface area (Å²) in [6.07, 6.45) is 11.8. The van der Waals surface area contributed by atoms with Crippen LogP contribution in [0.2, 0.25) is 0 Å². The lowest BCUT2D eigenvalue weighted by Gasteiger charge is -2.33. The van der Waals surface area contributed by atoms with Gasteiger partial charge in [0.05, 0.1) is 0 Å². The molecule has 0 saturated carbocycles. The molecule has 0 aliphatic carbocycles. The fraction of sp³-hybridized carbons (Fsp3) is 0.581. The van der Waals surface area contributed by atoms with Crippen LogP contribution in [0.3, 0.4) is 0 Å². The van der Waals surface area contributed by atoms with Crippen molar-refractivity contribution in [3.63, 3.8) is 0 Å². The van der Waals surface area contributed by atoms with E-state index < -0.39 is 5.60 Å². The number of pyridine rings is 2. The van der Waals surface area contributed by atoms with Gasteiger partial charge >= 0.3 is 6.09 Å². The molecule has 0 atom stereocenters. The Morgan fingerprint density at radius 1 is 0.854 bits per heavy atom. The maximum Gasteiger partial charge on any atom is 0.410 e. The van der Waals surface area contributed by atoms with E-state index >= 15 is 0 Å². The Bertz CT molecular complexity index is 1060. The summed E-state index contributed by atoms with van der Waals surface area (Å²) in [5, 5.41) is 9.18. The second-order valence-corrected chi connectivity index (χ2v) is 11.8. The molecule has 3 N–H and O–H groups in total. The fourth-order valence-corrected chi connectivity index (χ4v) is 4.81. The quantitative estimate of drug-likeness (QED) is 0.444. The minimum Gasteiger partial charge on any atom is -0.444 e. The molecule has 10 heteroatoms. The van der Waals surface area contributed by atoms with Crippen LogP contribution in [0.15, 0.2) is 49.1 Å². The van der Waals surface area contributed by atoms with Crippen LogP contribution in [-0.4, -0.2) is 64.6 Å². The summed E-state index contributed by atoms with van der Waals surface area (Å²) in [5.41, 5.74) is 1.57. The molecule has 2 aliphatic rings. The van der Waals surface area contributed by atoms with Crippen LogP contribution in [0, 0.1) is 11.8 Å². The van der Waals surface area contributed by atoms with Gasteiger partial charge in [-0.05, 0) is 94.6 Å². The van der Waals surface area contributed by atoms with Crippen LogP contribution in [-0.2, 0) is 27.4 Å². The number of nitrogens with one attached hydrogen (secondary N) is 3. The van der Waals surface area contributed by atoms with Gasteiger partial charge in [0.25, 0.3) is 0 Å². The van der Waals surface area contributed by atoms with Crippen LogP contribution >= 0.6 is 0 Å². The predicted molar refractivity (Wildman–Crippen MR) is 158 cm³/mol. The van der Waals surface area contributed by atoms with Gasteiger partial charge in [-0.2, -0.15) is 0 Å². The van der Waals surface area contributed by atoms with E-state index in [4.69, 9.17) is 4.74 Å². The normalized spacial score (nSPS) is 16.2. The van der Waals surface area contributed by atoms with E-state index in [9.17, 15) is 14.4 Å². The zero-order valence-electron chi connectivity index (χ0n) is 24.7. The Labute approximate surface area is 244 Å². The van der Waals surface area contributed by atoms with Gasteiger partial charge in [0.1, 0.15) is 5.60 Å². The lowest BCUT2D eigenvalue weighted by Crippen LogP contribution is -2.42. The monoisotopic (exact) mass is 566 g/mol. The molecule has 0 radical (unpaired) electrons. The average Bonchev–Trinajstić information content (AvgIpc) is 2.96. The van der Waals surface area contributed by atoms with Crippen LogP contribution in [0.25, 0.3) is 0 Å². The highest BCUT2D eigenvalue weighted by Crippen LogP contribution is 2.22. The number of amides is 3. The summed E-state index contributed by atoms with van der Waals surface area (Å²) in [5.74, 6) is 1.07. The van der Waals surface area contributed by atoms with Gasteiger partial charge < -0.3 is 25.6 Å². The van der Waals surface area contributed by atoms with Gasteiger partial charge in [-0.1, -0.05) is 12.1 Å². The molecule has 41 heavy (non-hydrogen) atoms. The molecule has 0 bridgehead atoms. The topological polar surface area (TPSA) is 126 Å². The Hall–Kier alpha value is -3.53. The van der Waals surface area contributed by atoms with E-state index in [2.05, 4.69) is 25.9 Å². The number of rotatable bonds is 8. The Kier molecular flexibility index (Phi) is 13.0. The molecule has 3 amide bonds. The van der Waals surface area contributed by atoms with Crippen LogP contribution in [0.4, 0.5) is 4.79 Å². The molecule has 2 saturated heterocycles. The Morgan fingerprint density at radius 3 is 1.78 bits per heavy atom. The fourth-order valence-electron chi connectivity index (χ4n) is 4.81. The lowest BCUT2D eigenvalue weighted by molar-refractivity contribution is -0.123. The van der Waals surface area contributed by atoms with Crippen molar-refractivity contribution in [2.75, 3.05) is 26.2 Å². The van der Waals surface area contributed by atoms with Crippen molar-refractivity contribution in [3.8, 4) is 0 Å². The van der Waals surface area contributed by atoms with Crippen LogP contribution in [0.1, 0.15) is 70.4 Å². The number of aromatic nitrogens is 2. The standard InChI is InChI=1S/C18H27N3O3.C13H19N3O/c1-18(2,3)24-17(23)21-9-6-14(7-10-21)11-16(22)20-13-15-5-4-8-19-12-15;17-13(8-11-3-6-14-7-4-11)16-10-12-2-1-5-15-9-12/h4-5,8,12,14H,6-7,9-11,13H2,1-3H3,(H,20,22);1-2,5,9,11,14H,3-4,6-8,10H2,(H,16,17). The van der Waals surface area contributed by atoms with Crippen molar-refractivity contribution in [1.82, 2.24) is 30.8 Å². The number of piperidine rings is 2. The van der Waals surface area contributed by atoms with E-state index in [1.54, 1.807) is 29.7 Å². The minimum atomic E-state index is -0.472. The first kappa shape index (κ1) is 32.0. The highest BCUT2D eigenvalue weighted by Gasteiger charge is 2.27. The Balaban J connectivity index is 0.000000239. The average molecular weight is 567 g/mol. The smallest absolute Gasteiger partial charge is 0.410 e. The third-order valence-electron chi connectivity index (χ3n) is 7.10. The van der Waals surface area contributed by atoms with E-state index in [1.807, 2.05) is 45.0 Å². The number of carbonyl (C=O) groups is 3. The minimum absolute atomic E-state index is 0.0505. The van der Waals surface area contributed by atoms with E-state index in [-0.39, 0.29) is 17.9 Å². The molecule has 2 aromatic heterocycles. The molecule has 2 aromatic rings. The largest absolute Gasteiger partial charge is 0.444 e. The van der Waals surface area contributed by atoms with E-state index in [0.29, 0.717) is 50.9 Å². The maximum absolute atomic E-state index is 12.1. The number of carbonyl (C=O) groups excluding carboxylic acids is 3. The molecule has 4 heterocycles. The summed E-state index contributed by atoms with van der Waals surface area (Å²) in [6, 6.07) is 7.65. The summed E-state index contributed by atoms with van der Waals surface area (Å²) >= 11 is 0. The Morgan fingerprint density at radius 2 is 1.34 bits per heavy atom. The molecule has 10 nitrogen and oxygen atoms in total. The van der Waals surface area contributed by atoms with Gasteiger partial charge in [0.2, 0.25) is 11.8 Å². The summed E-state index contributed by atoms with van der Waals surface area (Å²) in [4.78, 5) is 45.6. The maximum atomic E-state index is 12.1. The van der Waals surface area contributed by atoms with Gasteiger partial charge in [-0.3, -0.25) is 19.6 Å². The molecule has 0 unspecified atom stereocenters. The van der Waals surface area contributed by atoms with Crippen molar-refractivity contribution in [1.29, 1.82) is 0 Å². The van der Waals surface area contributed by atoms with E-state index in [1.165, 1.54) is 0 Å². The molecule has 224 valence electrons. The first-order valence-corrected chi connectivity index (χ1v) is 14.7. The van der Waals surface area contributed by atoms with Gasteiger partial charge in [0.15, 0.2) is 0 Å². The third kappa shape index (κ3) is 13.1. The highest BCUT2D eigenvalue weighted by atomic mass is 16.6. The van der Waals surface area contributed by atoms with Crippen molar-refractivity contribution in [3.05, 3.63) is 60.2 Å². The highest BCUT2D eigenvalue weighted by molar-refractivity contribution is 5.76. The molecule has 0 spiro atoms. The lowest BCUT2D eigenvalue weighted by atomic mass is 9.93. The summed E-state index contributed by atoms with van der Waals surface area (Å²) < 4.78 is 5.38. The van der Waals surface area contributed by atoms with E-state index in [0.717, 1.165) is 49.9 Å². The van der Waals surface area contributed by atoms with Crippen molar-refractivity contribution >= 4 is 17.9 Å². The molecule has 0 aromatic carbocycles. The predicted octanol–water partition coefficient (Wildman–Crippen LogP) is 3.82. The first-order chi connectivity index (χ1) is 19.7. The van der Waals surface area contributed by atoms with Crippen LogP contribution in [0.5, 0.6) is 0 Å². The van der Waals surface area contributed by atoms with Gasteiger partial charge in [-0.15, -0.1) is 0 Å². The first-order valence-electron chi connectivity index (χ1n) is 14.7. The molecular weight excluding hydrogens is 520 g/mol. The molecular formula is C31H46N6O4. The zero-order valence-corrected chi connectivity index (χ0v) is 24.7. The second-order valence-electron chi connectivity index (χ2n) is 11.8. The number of nitrogens with zero attached hydrogens (tertiary/aromatic N) is 3. The number of likely N-dealkylation sites (tertiary alicyclic amines) is 1. The van der Waals surface area contributed by atoms with Crippen molar-refractivity contribution in [2.45, 2.75) is 78.0 Å². The second kappa shape index (κ2) is 16.7. The van der Waals surface area contributed by atoms with Crippen molar-refractivity contribution < 1.29 is 19.1 Å². The van der Waals surface area contributed by atoms with Crippen LogP contribution < -0.4 is 16.0 Å². The zero-order chi connectivity index (χ0) is 29.5. The summed E-state index contributed by atoms with van der Waals surface area (Å²) in [7, 11) is 0. The molecule has 2 fully saturated rings. The third-order valence-corrected chi connectivity index (χ3v) is 7.10. The van der Waals surface area contributed by atoms with Crippen molar-refractivity contribution in [2.24, 2.45) is 11.8 Å². The number of hydrogen-bond acceptors (Lipinski definition) is 7. The van der Waals surface area contributed by atoms with Gasteiger partial charge in [0, 0.05) is 63.8 Å². The van der Waals surface area contributed by atoms with Gasteiger partial charge in [-0.25, -0.2) is 4.79 Å². The number of hydrogen-bond donors (Lipinski definition) is 3. The molecule has 2 aliphatic heterocycles. The molecule has 4 rings (SSSR count).